The van der Waals surface area contributed by atoms with E-state index in [4.69, 9.17) is 19.4 Å². The number of fused-ring (bicyclic) bond motifs is 2. The molecule has 3 fully saturated rings. The van der Waals surface area contributed by atoms with Gasteiger partial charge in [-0.2, -0.15) is 0 Å². The summed E-state index contributed by atoms with van der Waals surface area (Å²) in [7, 11) is 2.76. The normalized spacial score (nSPS) is 22.5. The fourth-order valence-electron chi connectivity index (χ4n) is 8.92. The van der Waals surface area contributed by atoms with Crippen LogP contribution in [0.15, 0.2) is 79.5 Å². The lowest BCUT2D eigenvalue weighted by Gasteiger charge is -2.30. The van der Waals surface area contributed by atoms with Gasteiger partial charge >= 0.3 is 6.09 Å². The molecule has 1 aliphatic heterocycles. The van der Waals surface area contributed by atoms with Crippen LogP contribution in [0.4, 0.5) is 4.79 Å². The van der Waals surface area contributed by atoms with Crippen LogP contribution in [-0.4, -0.2) is 85.6 Å². The number of imidazole rings is 2. The highest BCUT2D eigenvalue weighted by Gasteiger charge is 2.52. The maximum absolute atomic E-state index is 13.6. The summed E-state index contributed by atoms with van der Waals surface area (Å²) in [5.74, 6) is 2.26. The van der Waals surface area contributed by atoms with Crippen LogP contribution in [0.3, 0.4) is 0 Å². The van der Waals surface area contributed by atoms with Gasteiger partial charge in [0.05, 0.1) is 54.6 Å². The van der Waals surface area contributed by atoms with E-state index < -0.39 is 18.2 Å². The minimum absolute atomic E-state index is 0.0799. The molecule has 14 heteroatoms. The number of alkyl carbamates (subject to hydrolysis) is 1. The van der Waals surface area contributed by atoms with Crippen LogP contribution in [0.1, 0.15) is 68.2 Å². The number of aromatic amines is 2. The molecule has 4 N–H and O–H groups in total. The number of H-pyrrole nitrogens is 2. The average molecular weight is 758 g/mol. The smallest absolute Gasteiger partial charge is 0.407 e. The third kappa shape index (κ3) is 7.40. The Hall–Kier alpha value is -5.89. The molecule has 56 heavy (non-hydrogen) atoms. The van der Waals surface area contributed by atoms with Crippen molar-refractivity contribution in [3.8, 4) is 33.8 Å². The second-order valence-electron chi connectivity index (χ2n) is 15.1. The van der Waals surface area contributed by atoms with Crippen molar-refractivity contribution in [1.29, 1.82) is 0 Å². The minimum Gasteiger partial charge on any atom is -0.453 e. The largest absolute Gasteiger partial charge is 0.453 e. The van der Waals surface area contributed by atoms with Crippen LogP contribution < -0.4 is 10.6 Å². The number of nitrogens with one attached hydrogen (secondary N) is 4. The van der Waals surface area contributed by atoms with E-state index in [1.165, 1.54) is 14.2 Å². The van der Waals surface area contributed by atoms with Crippen molar-refractivity contribution in [2.75, 3.05) is 20.8 Å². The second kappa shape index (κ2) is 16.1. The summed E-state index contributed by atoms with van der Waals surface area (Å²) < 4.78 is 10.1. The number of carbonyl (C=O) groups excluding carboxylic acids is 3. The number of aromatic nitrogens is 6. The number of methoxy groups -OCH3 is 2. The average Bonchev–Trinajstić information content (AvgIpc) is 4.10. The van der Waals surface area contributed by atoms with Gasteiger partial charge in [0.1, 0.15) is 17.7 Å². The van der Waals surface area contributed by atoms with E-state index in [0.29, 0.717) is 30.7 Å². The molecule has 3 unspecified atom stereocenters. The fourth-order valence-corrected chi connectivity index (χ4v) is 8.92. The summed E-state index contributed by atoms with van der Waals surface area (Å²) in [4.78, 5) is 66.2. The molecule has 290 valence electrons. The van der Waals surface area contributed by atoms with E-state index in [1.54, 1.807) is 30.4 Å². The van der Waals surface area contributed by atoms with Crippen LogP contribution in [0.2, 0.25) is 0 Å². The Kier molecular flexibility index (Phi) is 10.6. The Morgan fingerprint density at radius 2 is 1.59 bits per heavy atom. The van der Waals surface area contributed by atoms with Gasteiger partial charge in [0, 0.05) is 55.8 Å². The van der Waals surface area contributed by atoms with E-state index in [9.17, 15) is 14.4 Å². The van der Waals surface area contributed by atoms with E-state index in [2.05, 4.69) is 54.8 Å². The molecule has 3 aliphatic rings. The zero-order chi connectivity index (χ0) is 38.8. The van der Waals surface area contributed by atoms with Gasteiger partial charge in [0.2, 0.25) is 11.8 Å². The number of carbonyl (C=O) groups is 3. The SMILES string of the molecule is COC(=O)N[C@H](C(=O)N1CCC[C@H]1c1ncc(-c2ccc(-c3ccc(-c4cnc([C@@H]5C6CCC(C6)C5C(=O)NCc5cccnc5)[nH]4)cc3)nc2)[nH]1)[C@@H](C)OC. The lowest BCUT2D eigenvalue weighted by molar-refractivity contribution is -0.137. The van der Waals surface area contributed by atoms with Gasteiger partial charge in [-0.3, -0.25) is 19.6 Å². The first-order chi connectivity index (χ1) is 27.3. The zero-order valence-electron chi connectivity index (χ0n) is 31.8. The Morgan fingerprint density at radius 3 is 2.32 bits per heavy atom. The van der Waals surface area contributed by atoms with Crippen molar-refractivity contribution in [3.63, 3.8) is 0 Å². The Bertz CT molecular complexity index is 2150. The lowest BCUT2D eigenvalue weighted by atomic mass is 9.78. The van der Waals surface area contributed by atoms with Crippen LogP contribution in [-0.2, 0) is 25.6 Å². The molecule has 5 heterocycles. The number of hydrogen-bond donors (Lipinski definition) is 4. The molecule has 7 atom stereocenters. The molecule has 2 aliphatic carbocycles. The molecular weight excluding hydrogens is 711 g/mol. The minimum atomic E-state index is -0.895. The molecule has 1 aromatic carbocycles. The van der Waals surface area contributed by atoms with Gasteiger partial charge in [0.25, 0.3) is 0 Å². The number of pyridine rings is 2. The van der Waals surface area contributed by atoms with Crippen molar-refractivity contribution in [3.05, 3.63) is 96.7 Å². The summed E-state index contributed by atoms with van der Waals surface area (Å²) >= 11 is 0. The third-order valence-electron chi connectivity index (χ3n) is 11.9. The van der Waals surface area contributed by atoms with Gasteiger partial charge < -0.3 is 35.0 Å². The maximum atomic E-state index is 13.6. The number of likely N-dealkylation sites (tertiary alicyclic amines) is 1. The van der Waals surface area contributed by atoms with E-state index in [-0.39, 0.29) is 29.7 Å². The third-order valence-corrected chi connectivity index (χ3v) is 11.9. The molecule has 14 nitrogen and oxygen atoms in total. The molecule has 3 amide bonds. The van der Waals surface area contributed by atoms with Crippen molar-refractivity contribution >= 4 is 17.9 Å². The maximum Gasteiger partial charge on any atom is 0.407 e. The highest BCUT2D eigenvalue weighted by Crippen LogP contribution is 2.56. The summed E-state index contributed by atoms with van der Waals surface area (Å²) in [6, 6.07) is 14.9. The Labute approximate surface area is 325 Å². The Balaban J connectivity index is 0.918. The van der Waals surface area contributed by atoms with Crippen LogP contribution in [0.5, 0.6) is 0 Å². The van der Waals surface area contributed by atoms with Crippen molar-refractivity contribution in [1.82, 2.24) is 45.4 Å². The van der Waals surface area contributed by atoms with Gasteiger partial charge in [-0.1, -0.05) is 30.3 Å². The standard InChI is InChI=1S/C42H47N9O5/c1-24(55-2)37(50-42(54)56-3)41(53)51-17-5-7-34(51)38-45-23-33(48-38)30-14-15-31(44-21-30)26-8-10-27(11-9-26)32-22-46-39(49-32)35-28-12-13-29(18-28)36(35)40(52)47-20-25-6-4-16-43-19-25/h4,6,8-11,14-16,19,21-24,28-29,34-37H,5,7,12-13,17-18,20H2,1-3H3,(H,45,48)(H,46,49)(H,47,52)(H,50,54)/t24-,28?,29?,34+,35-,36?,37+/m1/s1. The molecule has 0 spiro atoms. The zero-order valence-corrected chi connectivity index (χ0v) is 31.8. The molecule has 8 rings (SSSR count). The quantitative estimate of drug-likeness (QED) is 0.123. The van der Waals surface area contributed by atoms with Gasteiger partial charge in [-0.05, 0) is 80.2 Å². The van der Waals surface area contributed by atoms with E-state index in [0.717, 1.165) is 77.3 Å². The molecule has 2 saturated carbocycles. The second-order valence-corrected chi connectivity index (χ2v) is 15.1. The number of hydrogen-bond acceptors (Lipinski definition) is 9. The summed E-state index contributed by atoms with van der Waals surface area (Å²) in [6.45, 7) is 2.75. The number of nitrogens with zero attached hydrogens (tertiary/aromatic N) is 5. The number of benzene rings is 1. The van der Waals surface area contributed by atoms with Gasteiger partial charge in [-0.25, -0.2) is 14.8 Å². The molecule has 1 saturated heterocycles. The first kappa shape index (κ1) is 37.1. The molecule has 2 bridgehead atoms. The number of amides is 3. The first-order valence-electron chi connectivity index (χ1n) is 19.3. The van der Waals surface area contributed by atoms with Crippen LogP contribution in [0, 0.1) is 17.8 Å². The highest BCUT2D eigenvalue weighted by atomic mass is 16.5. The molecule has 4 aromatic heterocycles. The molecule has 0 radical (unpaired) electrons. The summed E-state index contributed by atoms with van der Waals surface area (Å²) in [5.41, 5.74) is 6.40. The van der Waals surface area contributed by atoms with E-state index in [1.807, 2.05) is 36.7 Å². The lowest BCUT2D eigenvalue weighted by Crippen LogP contribution is -2.54. The van der Waals surface area contributed by atoms with Crippen molar-refractivity contribution in [2.24, 2.45) is 17.8 Å². The van der Waals surface area contributed by atoms with Crippen molar-refractivity contribution < 1.29 is 23.9 Å². The van der Waals surface area contributed by atoms with E-state index >= 15 is 0 Å². The predicted molar refractivity (Wildman–Crippen MR) is 207 cm³/mol. The Morgan fingerprint density at radius 1 is 0.857 bits per heavy atom. The molecule has 5 aromatic rings. The highest BCUT2D eigenvalue weighted by molar-refractivity contribution is 5.87. The van der Waals surface area contributed by atoms with Gasteiger partial charge in [-0.15, -0.1) is 0 Å². The summed E-state index contributed by atoms with van der Waals surface area (Å²) in [5, 5.41) is 5.79. The van der Waals surface area contributed by atoms with Crippen LogP contribution >= 0.6 is 0 Å². The van der Waals surface area contributed by atoms with Crippen molar-refractivity contribution in [2.45, 2.75) is 69.7 Å². The fraction of sp³-hybridized carbons (Fsp3) is 0.405. The molecular formula is C42H47N9O5. The monoisotopic (exact) mass is 757 g/mol. The predicted octanol–water partition coefficient (Wildman–Crippen LogP) is 5.79. The topological polar surface area (TPSA) is 180 Å². The number of ether oxygens (including phenoxy) is 2. The first-order valence-corrected chi connectivity index (χ1v) is 19.3. The summed E-state index contributed by atoms with van der Waals surface area (Å²) in [6.07, 6.45) is 12.6. The number of rotatable bonds is 12. The van der Waals surface area contributed by atoms with Crippen LogP contribution in [0.25, 0.3) is 33.8 Å². The van der Waals surface area contributed by atoms with Gasteiger partial charge in [0.15, 0.2) is 0 Å².